The van der Waals surface area contributed by atoms with Crippen molar-refractivity contribution in [3.05, 3.63) is 68.6 Å². The topological polar surface area (TPSA) is 95.7 Å². The van der Waals surface area contributed by atoms with Crippen LogP contribution in [-0.2, 0) is 11.2 Å². The Labute approximate surface area is 170 Å². The number of hydrogen-bond donors (Lipinski definition) is 0. The van der Waals surface area contributed by atoms with Gasteiger partial charge in [-0.05, 0) is 23.6 Å². The second kappa shape index (κ2) is 8.41. The lowest BCUT2D eigenvalue weighted by atomic mass is 10.1. The number of nitro groups is 1. The van der Waals surface area contributed by atoms with Crippen LogP contribution in [0.25, 0.3) is 6.08 Å². The summed E-state index contributed by atoms with van der Waals surface area (Å²) in [5, 5.41) is 23.5. The molecule has 0 N–H and O–H groups in total. The van der Waals surface area contributed by atoms with E-state index in [-0.39, 0.29) is 27.8 Å². The molecule has 0 radical (unpaired) electrons. The van der Waals surface area contributed by atoms with Gasteiger partial charge in [0.05, 0.1) is 23.0 Å². The Bertz CT molecular complexity index is 976. The predicted molar refractivity (Wildman–Crippen MR) is 109 cm³/mol. The summed E-state index contributed by atoms with van der Waals surface area (Å²) in [6, 6.07) is 11.9. The summed E-state index contributed by atoms with van der Waals surface area (Å²) < 4.78 is 5.31. The van der Waals surface area contributed by atoms with Crippen molar-refractivity contribution in [2.45, 2.75) is 6.42 Å². The first-order valence-corrected chi connectivity index (χ1v) is 9.46. The third-order valence-electron chi connectivity index (χ3n) is 4.13. The minimum Gasteiger partial charge on any atom is -0.870 e. The Hall–Kier alpha value is -2.91. The Morgan fingerprint density at radius 2 is 2.00 bits per heavy atom. The number of hydrogen-bond acceptors (Lipinski definition) is 7. The highest BCUT2D eigenvalue weighted by Gasteiger charge is 2.31. The fourth-order valence-electron chi connectivity index (χ4n) is 2.69. The fourth-order valence-corrected chi connectivity index (χ4v) is 3.99. The van der Waals surface area contributed by atoms with Crippen LogP contribution in [0.15, 0.2) is 47.4 Å². The zero-order valence-corrected chi connectivity index (χ0v) is 16.4. The van der Waals surface area contributed by atoms with Crippen LogP contribution in [0.1, 0.15) is 11.1 Å². The van der Waals surface area contributed by atoms with Crippen molar-refractivity contribution >= 4 is 46.0 Å². The van der Waals surface area contributed by atoms with E-state index in [1.165, 1.54) is 18.1 Å². The van der Waals surface area contributed by atoms with Crippen LogP contribution in [0.4, 0.5) is 5.69 Å². The van der Waals surface area contributed by atoms with Gasteiger partial charge in [-0.3, -0.25) is 19.8 Å². The molecule has 1 fully saturated rings. The van der Waals surface area contributed by atoms with E-state index in [9.17, 15) is 20.0 Å². The van der Waals surface area contributed by atoms with Gasteiger partial charge in [0.25, 0.3) is 11.6 Å². The third-order valence-corrected chi connectivity index (χ3v) is 5.50. The van der Waals surface area contributed by atoms with Crippen molar-refractivity contribution < 1.29 is 19.6 Å². The van der Waals surface area contributed by atoms with Gasteiger partial charge in [0, 0.05) is 12.6 Å². The molecule has 2 aromatic rings. The molecule has 0 aliphatic carbocycles. The van der Waals surface area contributed by atoms with Crippen molar-refractivity contribution in [1.29, 1.82) is 0 Å². The SMILES string of the molecule is COc1cc([N+](=O)[O-])cc(/C=C2\SC(=S)N(CCc3ccccc3)C2=O)c1[O-]. The normalized spacial score (nSPS) is 15.3. The van der Waals surface area contributed by atoms with Gasteiger partial charge in [-0.1, -0.05) is 60.1 Å². The number of nitrogens with zero attached hydrogens (tertiary/aromatic N) is 2. The number of carbonyl (C=O) groups is 1. The van der Waals surface area contributed by atoms with E-state index in [1.807, 2.05) is 30.3 Å². The molecule has 1 aliphatic heterocycles. The summed E-state index contributed by atoms with van der Waals surface area (Å²) >= 11 is 6.36. The zero-order chi connectivity index (χ0) is 20.3. The number of carbonyl (C=O) groups excluding carboxylic acids is 1. The molecule has 0 atom stereocenters. The first kappa shape index (κ1) is 19.8. The summed E-state index contributed by atoms with van der Waals surface area (Å²) in [7, 11) is 1.26. The average molecular weight is 415 g/mol. The van der Waals surface area contributed by atoms with E-state index in [2.05, 4.69) is 0 Å². The molecule has 0 aromatic heterocycles. The van der Waals surface area contributed by atoms with Crippen LogP contribution in [-0.4, -0.2) is 33.7 Å². The number of rotatable bonds is 6. The molecule has 0 spiro atoms. The lowest BCUT2D eigenvalue weighted by molar-refractivity contribution is -0.385. The Morgan fingerprint density at radius 3 is 2.64 bits per heavy atom. The molecule has 1 aliphatic rings. The van der Waals surface area contributed by atoms with Gasteiger partial charge in [-0.15, -0.1) is 0 Å². The molecule has 1 saturated heterocycles. The predicted octanol–water partition coefficient (Wildman–Crippen LogP) is 3.12. The molecule has 3 rings (SSSR count). The van der Waals surface area contributed by atoms with Gasteiger partial charge in [0.2, 0.25) is 0 Å². The molecule has 1 amide bonds. The molecular formula is C19H15N2O5S2-. The molecule has 2 aromatic carbocycles. The first-order valence-electron chi connectivity index (χ1n) is 8.23. The van der Waals surface area contributed by atoms with Crippen molar-refractivity contribution in [2.75, 3.05) is 13.7 Å². The second-order valence-electron chi connectivity index (χ2n) is 5.89. The number of thioether (sulfide) groups is 1. The second-order valence-corrected chi connectivity index (χ2v) is 7.57. The number of thiocarbonyl (C=S) groups is 1. The number of ether oxygens (including phenoxy) is 1. The quantitative estimate of drug-likeness (QED) is 0.309. The standard InChI is InChI=1S/C19H16N2O5S2/c1-26-15-11-14(21(24)25)9-13(17(15)22)10-16-18(23)20(19(27)28-16)8-7-12-5-3-2-4-6-12/h2-6,9-11,22H,7-8H2,1H3/p-1/b16-10-. The van der Waals surface area contributed by atoms with E-state index in [1.54, 1.807) is 0 Å². The maximum absolute atomic E-state index is 12.7. The lowest BCUT2D eigenvalue weighted by Crippen LogP contribution is -2.30. The van der Waals surface area contributed by atoms with Crippen LogP contribution in [0.2, 0.25) is 0 Å². The van der Waals surface area contributed by atoms with E-state index < -0.39 is 10.7 Å². The van der Waals surface area contributed by atoms with Crippen LogP contribution < -0.4 is 9.84 Å². The summed E-state index contributed by atoms with van der Waals surface area (Å²) in [6.07, 6.45) is 1.97. The molecule has 0 saturated carbocycles. The summed E-state index contributed by atoms with van der Waals surface area (Å²) in [5.74, 6) is -1.00. The Balaban J connectivity index is 1.85. The monoisotopic (exact) mass is 415 g/mol. The van der Waals surface area contributed by atoms with Gasteiger partial charge in [0.1, 0.15) is 10.1 Å². The molecule has 28 heavy (non-hydrogen) atoms. The van der Waals surface area contributed by atoms with Crippen LogP contribution in [0.5, 0.6) is 11.5 Å². The Morgan fingerprint density at radius 1 is 1.29 bits per heavy atom. The van der Waals surface area contributed by atoms with E-state index in [0.717, 1.165) is 29.5 Å². The smallest absolute Gasteiger partial charge is 0.273 e. The highest BCUT2D eigenvalue weighted by Crippen LogP contribution is 2.38. The minimum atomic E-state index is -0.621. The van der Waals surface area contributed by atoms with Gasteiger partial charge in [0.15, 0.2) is 0 Å². The maximum Gasteiger partial charge on any atom is 0.273 e. The molecule has 0 unspecified atom stereocenters. The zero-order valence-electron chi connectivity index (χ0n) is 14.8. The number of benzene rings is 2. The minimum absolute atomic E-state index is 0.00890. The summed E-state index contributed by atoms with van der Waals surface area (Å²) in [6.45, 7) is 0.411. The highest BCUT2D eigenvalue weighted by atomic mass is 32.2. The van der Waals surface area contributed by atoms with Gasteiger partial charge >= 0.3 is 0 Å². The summed E-state index contributed by atoms with van der Waals surface area (Å²) in [5.41, 5.74) is 0.794. The molecular weight excluding hydrogens is 400 g/mol. The maximum atomic E-state index is 12.7. The third kappa shape index (κ3) is 4.15. The van der Waals surface area contributed by atoms with Crippen LogP contribution >= 0.6 is 24.0 Å². The van der Waals surface area contributed by atoms with Gasteiger partial charge in [-0.2, -0.15) is 0 Å². The molecule has 144 valence electrons. The fraction of sp³-hybridized carbons (Fsp3) is 0.158. The molecule has 1 heterocycles. The molecule has 9 heteroatoms. The van der Waals surface area contributed by atoms with E-state index in [4.69, 9.17) is 17.0 Å². The van der Waals surface area contributed by atoms with Gasteiger partial charge in [-0.25, -0.2) is 0 Å². The Kier molecular flexibility index (Phi) is 5.96. The molecule has 7 nitrogen and oxygen atoms in total. The van der Waals surface area contributed by atoms with E-state index in [0.29, 0.717) is 17.3 Å². The first-order chi connectivity index (χ1) is 13.4. The molecule has 0 bridgehead atoms. The number of non-ortho nitro benzene ring substituents is 1. The lowest BCUT2D eigenvalue weighted by Gasteiger charge is -2.16. The van der Waals surface area contributed by atoms with Crippen LogP contribution in [0, 0.1) is 10.1 Å². The highest BCUT2D eigenvalue weighted by molar-refractivity contribution is 8.26. The van der Waals surface area contributed by atoms with Gasteiger partial charge < -0.3 is 9.84 Å². The van der Waals surface area contributed by atoms with Crippen molar-refractivity contribution in [3.8, 4) is 11.5 Å². The summed E-state index contributed by atoms with van der Waals surface area (Å²) in [4.78, 5) is 24.9. The van der Waals surface area contributed by atoms with Crippen molar-refractivity contribution in [3.63, 3.8) is 0 Å². The number of amides is 1. The number of nitro benzene ring substituents is 1. The van der Waals surface area contributed by atoms with Crippen molar-refractivity contribution in [2.24, 2.45) is 0 Å². The van der Waals surface area contributed by atoms with E-state index >= 15 is 0 Å². The van der Waals surface area contributed by atoms with Crippen molar-refractivity contribution in [1.82, 2.24) is 4.90 Å². The van der Waals surface area contributed by atoms with Crippen LogP contribution in [0.3, 0.4) is 0 Å². The average Bonchev–Trinajstić information content (AvgIpc) is 2.95. The largest absolute Gasteiger partial charge is 0.870 e. The number of methoxy groups -OCH3 is 1.